The maximum Gasteiger partial charge on any atom is 0.317 e. The number of aryl methyl sites for hydroxylation is 2. The zero-order chi connectivity index (χ0) is 14.7. The highest BCUT2D eigenvalue weighted by atomic mass is 16.5. The fraction of sp³-hybridized carbons (Fsp3) is 0.235. The molecule has 0 saturated carbocycles. The van der Waals surface area contributed by atoms with Crippen molar-refractivity contribution < 1.29 is 14.6 Å². The van der Waals surface area contributed by atoms with Gasteiger partial charge in [0, 0.05) is 0 Å². The van der Waals surface area contributed by atoms with Gasteiger partial charge < -0.3 is 9.84 Å². The lowest BCUT2D eigenvalue weighted by Gasteiger charge is -2.20. The van der Waals surface area contributed by atoms with Crippen LogP contribution in [-0.4, -0.2) is 18.2 Å². The maximum atomic E-state index is 12.2. The smallest absolute Gasteiger partial charge is 0.317 e. The zero-order valence-corrected chi connectivity index (χ0v) is 11.9. The Bertz CT molecular complexity index is 594. The highest BCUT2D eigenvalue weighted by Gasteiger charge is 2.26. The molecular formula is C17H18O3. The Morgan fingerprint density at radius 2 is 1.65 bits per heavy atom. The minimum Gasteiger partial charge on any atom is -0.508 e. The molecule has 0 spiro atoms. The van der Waals surface area contributed by atoms with Crippen molar-refractivity contribution >= 4 is 5.97 Å². The van der Waals surface area contributed by atoms with Gasteiger partial charge in [-0.25, -0.2) is 0 Å². The van der Waals surface area contributed by atoms with E-state index in [2.05, 4.69) is 0 Å². The van der Waals surface area contributed by atoms with E-state index in [4.69, 9.17) is 4.74 Å². The van der Waals surface area contributed by atoms with Crippen LogP contribution in [0.4, 0.5) is 0 Å². The van der Waals surface area contributed by atoms with Gasteiger partial charge in [0.1, 0.15) is 11.7 Å². The monoisotopic (exact) mass is 270 g/mol. The molecule has 0 aromatic heterocycles. The molecule has 0 bridgehead atoms. The van der Waals surface area contributed by atoms with Gasteiger partial charge in [-0.1, -0.05) is 30.3 Å². The third-order valence-electron chi connectivity index (χ3n) is 3.44. The normalized spacial score (nSPS) is 11.9. The molecule has 0 aliphatic heterocycles. The van der Waals surface area contributed by atoms with Crippen LogP contribution in [0.5, 0.6) is 5.75 Å². The Morgan fingerprint density at radius 1 is 1.10 bits per heavy atom. The fourth-order valence-corrected chi connectivity index (χ4v) is 2.59. The van der Waals surface area contributed by atoms with Gasteiger partial charge in [0.25, 0.3) is 0 Å². The molecule has 2 aromatic rings. The Labute approximate surface area is 118 Å². The second-order valence-corrected chi connectivity index (χ2v) is 4.86. The molecule has 3 nitrogen and oxygen atoms in total. The van der Waals surface area contributed by atoms with E-state index in [1.54, 1.807) is 12.1 Å². The highest BCUT2D eigenvalue weighted by Crippen LogP contribution is 2.33. The number of benzene rings is 2. The van der Waals surface area contributed by atoms with Gasteiger partial charge in [0.15, 0.2) is 0 Å². The first-order chi connectivity index (χ1) is 9.54. The summed E-state index contributed by atoms with van der Waals surface area (Å²) < 4.78 is 4.96. The van der Waals surface area contributed by atoms with Crippen LogP contribution in [0.15, 0.2) is 42.5 Å². The largest absolute Gasteiger partial charge is 0.508 e. The third-order valence-corrected chi connectivity index (χ3v) is 3.44. The maximum absolute atomic E-state index is 12.2. The molecule has 3 heteroatoms. The van der Waals surface area contributed by atoms with Gasteiger partial charge in [-0.05, 0) is 48.2 Å². The summed E-state index contributed by atoms with van der Waals surface area (Å²) in [5, 5.41) is 9.65. The molecule has 0 heterocycles. The predicted molar refractivity (Wildman–Crippen MR) is 77.9 cm³/mol. The molecule has 0 fully saturated rings. The number of aromatic hydroxyl groups is 1. The van der Waals surface area contributed by atoms with Crippen molar-refractivity contribution in [1.29, 1.82) is 0 Å². The standard InChI is InChI=1S/C17H18O3/c1-11-9-14(18)10-12(2)15(11)16(17(19)20-3)13-7-5-4-6-8-13/h4-10,16,18H,1-3H3. The predicted octanol–water partition coefficient (Wildman–Crippen LogP) is 3.31. The van der Waals surface area contributed by atoms with Crippen LogP contribution in [0, 0.1) is 13.8 Å². The number of hydrogen-bond donors (Lipinski definition) is 1. The van der Waals surface area contributed by atoms with Crippen molar-refractivity contribution in [2.75, 3.05) is 7.11 Å². The SMILES string of the molecule is COC(=O)C(c1ccccc1)c1c(C)cc(O)cc1C. The molecular weight excluding hydrogens is 252 g/mol. The molecule has 104 valence electrons. The number of phenolic OH excluding ortho intramolecular Hbond substituents is 1. The molecule has 1 atom stereocenters. The Kier molecular flexibility index (Phi) is 4.08. The first kappa shape index (κ1) is 14.1. The summed E-state index contributed by atoms with van der Waals surface area (Å²) in [5.74, 6) is -0.560. The second kappa shape index (κ2) is 5.78. The van der Waals surface area contributed by atoms with E-state index in [9.17, 15) is 9.90 Å². The van der Waals surface area contributed by atoms with Gasteiger partial charge in [-0.3, -0.25) is 4.79 Å². The van der Waals surface area contributed by atoms with E-state index in [1.807, 2.05) is 44.2 Å². The van der Waals surface area contributed by atoms with Gasteiger partial charge in [0.2, 0.25) is 0 Å². The zero-order valence-electron chi connectivity index (χ0n) is 11.9. The average molecular weight is 270 g/mol. The van der Waals surface area contributed by atoms with Gasteiger partial charge in [0.05, 0.1) is 7.11 Å². The van der Waals surface area contributed by atoms with Crippen molar-refractivity contribution in [1.82, 2.24) is 0 Å². The Hall–Kier alpha value is -2.29. The molecule has 2 aromatic carbocycles. The first-order valence-electron chi connectivity index (χ1n) is 6.47. The molecule has 0 radical (unpaired) electrons. The minimum atomic E-state index is -0.471. The lowest BCUT2D eigenvalue weighted by molar-refractivity contribution is -0.141. The number of esters is 1. The molecule has 1 unspecified atom stereocenters. The van der Waals surface area contributed by atoms with E-state index in [0.29, 0.717) is 0 Å². The van der Waals surface area contributed by atoms with Crippen LogP contribution in [-0.2, 0) is 9.53 Å². The molecule has 2 rings (SSSR count). The average Bonchev–Trinajstić information content (AvgIpc) is 2.42. The van der Waals surface area contributed by atoms with Crippen LogP contribution < -0.4 is 0 Å². The Morgan fingerprint density at radius 3 is 2.15 bits per heavy atom. The molecule has 0 aliphatic carbocycles. The number of rotatable bonds is 3. The van der Waals surface area contributed by atoms with Crippen LogP contribution in [0.2, 0.25) is 0 Å². The van der Waals surface area contributed by atoms with E-state index in [-0.39, 0.29) is 11.7 Å². The van der Waals surface area contributed by atoms with Crippen LogP contribution in [0.25, 0.3) is 0 Å². The summed E-state index contributed by atoms with van der Waals surface area (Å²) in [6, 6.07) is 12.9. The number of hydrogen-bond acceptors (Lipinski definition) is 3. The van der Waals surface area contributed by atoms with E-state index >= 15 is 0 Å². The molecule has 0 saturated heterocycles. The van der Waals surface area contributed by atoms with E-state index in [0.717, 1.165) is 22.3 Å². The molecule has 0 amide bonds. The Balaban J connectivity index is 2.62. The number of methoxy groups -OCH3 is 1. The van der Waals surface area contributed by atoms with Crippen molar-refractivity contribution in [3.63, 3.8) is 0 Å². The summed E-state index contributed by atoms with van der Waals surface area (Å²) in [5.41, 5.74) is 3.53. The van der Waals surface area contributed by atoms with E-state index in [1.165, 1.54) is 7.11 Å². The number of ether oxygens (including phenoxy) is 1. The highest BCUT2D eigenvalue weighted by molar-refractivity contribution is 5.83. The first-order valence-corrected chi connectivity index (χ1v) is 6.47. The summed E-state index contributed by atoms with van der Waals surface area (Å²) in [4.78, 5) is 12.2. The summed E-state index contributed by atoms with van der Waals surface area (Å²) >= 11 is 0. The third kappa shape index (κ3) is 2.67. The topological polar surface area (TPSA) is 46.5 Å². The summed E-state index contributed by atoms with van der Waals surface area (Å²) in [6.45, 7) is 3.78. The van der Waals surface area contributed by atoms with Crippen LogP contribution in [0.1, 0.15) is 28.2 Å². The number of carbonyl (C=O) groups excluding carboxylic acids is 1. The quantitative estimate of drug-likeness (QED) is 0.870. The lowest BCUT2D eigenvalue weighted by Crippen LogP contribution is -2.17. The van der Waals surface area contributed by atoms with Crippen molar-refractivity contribution in [2.45, 2.75) is 19.8 Å². The van der Waals surface area contributed by atoms with Crippen molar-refractivity contribution in [3.8, 4) is 5.75 Å². The fourth-order valence-electron chi connectivity index (χ4n) is 2.59. The van der Waals surface area contributed by atoms with Crippen LogP contribution in [0.3, 0.4) is 0 Å². The van der Waals surface area contributed by atoms with E-state index < -0.39 is 5.92 Å². The number of carbonyl (C=O) groups is 1. The minimum absolute atomic E-state index is 0.209. The summed E-state index contributed by atoms with van der Waals surface area (Å²) in [6.07, 6.45) is 0. The molecule has 1 N–H and O–H groups in total. The van der Waals surface area contributed by atoms with Crippen LogP contribution >= 0.6 is 0 Å². The van der Waals surface area contributed by atoms with Gasteiger partial charge in [-0.15, -0.1) is 0 Å². The van der Waals surface area contributed by atoms with Gasteiger partial charge >= 0.3 is 5.97 Å². The summed E-state index contributed by atoms with van der Waals surface area (Å²) in [7, 11) is 1.39. The van der Waals surface area contributed by atoms with Crippen molar-refractivity contribution in [3.05, 3.63) is 64.7 Å². The van der Waals surface area contributed by atoms with Crippen molar-refractivity contribution in [2.24, 2.45) is 0 Å². The number of phenols is 1. The van der Waals surface area contributed by atoms with Gasteiger partial charge in [-0.2, -0.15) is 0 Å². The second-order valence-electron chi connectivity index (χ2n) is 4.86. The molecule has 0 aliphatic rings. The lowest BCUT2D eigenvalue weighted by atomic mass is 9.85. The molecule has 20 heavy (non-hydrogen) atoms.